The molecule has 6 nitrogen and oxygen atoms in total. The molecule has 2 fully saturated rings. The van der Waals surface area contributed by atoms with E-state index in [1.807, 2.05) is 4.90 Å². The van der Waals surface area contributed by atoms with E-state index >= 15 is 0 Å². The second kappa shape index (κ2) is 8.19. The molecule has 2 aliphatic heterocycles. The highest BCUT2D eigenvalue weighted by molar-refractivity contribution is 5.86. The van der Waals surface area contributed by atoms with Crippen LogP contribution >= 0.6 is 0 Å². The number of amides is 2. The first-order chi connectivity index (χ1) is 13.7. The van der Waals surface area contributed by atoms with Crippen molar-refractivity contribution in [3.63, 3.8) is 0 Å². The summed E-state index contributed by atoms with van der Waals surface area (Å²) < 4.78 is 5.37. The van der Waals surface area contributed by atoms with Crippen LogP contribution in [0.25, 0.3) is 10.8 Å². The van der Waals surface area contributed by atoms with Crippen LogP contribution in [-0.4, -0.2) is 60.6 Å². The van der Waals surface area contributed by atoms with Gasteiger partial charge in [-0.05, 0) is 36.1 Å². The number of hydrogen-bond acceptors (Lipinski definition) is 4. The number of rotatable bonds is 6. The van der Waals surface area contributed by atoms with E-state index in [0.717, 1.165) is 25.9 Å². The van der Waals surface area contributed by atoms with E-state index in [4.69, 9.17) is 4.74 Å². The molecule has 28 heavy (non-hydrogen) atoms. The average Bonchev–Trinajstić information content (AvgIpc) is 3.12. The fourth-order valence-corrected chi connectivity index (χ4v) is 4.52. The van der Waals surface area contributed by atoms with Crippen LogP contribution in [0.2, 0.25) is 0 Å². The summed E-state index contributed by atoms with van der Waals surface area (Å²) in [5.41, 5.74) is 1.36. The van der Waals surface area contributed by atoms with Crippen molar-refractivity contribution in [1.82, 2.24) is 15.1 Å². The van der Waals surface area contributed by atoms with E-state index < -0.39 is 0 Å². The summed E-state index contributed by atoms with van der Waals surface area (Å²) in [6.07, 6.45) is 2.03. The molecule has 0 aliphatic carbocycles. The van der Waals surface area contributed by atoms with Gasteiger partial charge in [-0.3, -0.25) is 9.69 Å². The van der Waals surface area contributed by atoms with Crippen molar-refractivity contribution in [2.45, 2.75) is 38.0 Å². The van der Waals surface area contributed by atoms with Gasteiger partial charge in [0.2, 0.25) is 6.41 Å². The van der Waals surface area contributed by atoms with Crippen molar-refractivity contribution in [1.29, 1.82) is 0 Å². The highest BCUT2D eigenvalue weighted by atomic mass is 16.6. The monoisotopic (exact) mass is 381 g/mol. The highest BCUT2D eigenvalue weighted by Gasteiger charge is 2.37. The molecule has 0 radical (unpaired) electrons. The fraction of sp³-hybridized carbons (Fsp3) is 0.455. The molecule has 2 saturated heterocycles. The molecule has 2 heterocycles. The molecule has 2 atom stereocenters. The van der Waals surface area contributed by atoms with Gasteiger partial charge in [0.15, 0.2) is 0 Å². The smallest absolute Gasteiger partial charge is 0.410 e. The zero-order valence-electron chi connectivity index (χ0n) is 16.2. The van der Waals surface area contributed by atoms with Crippen molar-refractivity contribution < 1.29 is 14.3 Å². The van der Waals surface area contributed by atoms with Gasteiger partial charge in [-0.2, -0.15) is 0 Å². The number of carbonyl (C=O) groups excluding carboxylic acids is 2. The molecule has 2 aliphatic rings. The largest absolute Gasteiger partial charge is 0.442 e. The molecule has 2 aromatic carbocycles. The normalized spacial score (nSPS) is 22.2. The number of nitrogens with one attached hydrogen (secondary N) is 1. The number of hydrogen-bond donors (Lipinski definition) is 1. The van der Waals surface area contributed by atoms with Gasteiger partial charge in [0.1, 0.15) is 6.10 Å². The number of likely N-dealkylation sites (tertiary alicyclic amines) is 1. The molecule has 0 bridgehead atoms. The summed E-state index contributed by atoms with van der Waals surface area (Å²) in [6, 6.07) is 15.6. The van der Waals surface area contributed by atoms with Crippen LogP contribution in [0.5, 0.6) is 0 Å². The Balaban J connectivity index is 1.39. The Morgan fingerprint density at radius 3 is 2.71 bits per heavy atom. The molecule has 4 rings (SSSR count). The van der Waals surface area contributed by atoms with Crippen LogP contribution in [0.4, 0.5) is 4.79 Å². The van der Waals surface area contributed by atoms with Crippen molar-refractivity contribution in [3.05, 3.63) is 48.0 Å². The number of nitrogens with zero attached hydrogens (tertiary/aromatic N) is 2. The number of carbonyl (C=O) groups is 2. The van der Waals surface area contributed by atoms with Gasteiger partial charge < -0.3 is 15.0 Å². The lowest BCUT2D eigenvalue weighted by Gasteiger charge is -2.39. The zero-order valence-corrected chi connectivity index (χ0v) is 16.2. The zero-order chi connectivity index (χ0) is 19.5. The molecule has 0 saturated carbocycles. The molecular weight excluding hydrogens is 354 g/mol. The maximum absolute atomic E-state index is 12.2. The fourth-order valence-electron chi connectivity index (χ4n) is 4.52. The number of ether oxygens (including phenoxy) is 1. The van der Waals surface area contributed by atoms with Crippen molar-refractivity contribution in [3.8, 4) is 0 Å². The Morgan fingerprint density at radius 2 is 1.93 bits per heavy atom. The standard InChI is InChI=1S/C22H27N3O3/c1-16(20-8-4-6-17-5-2-3-7-21(17)20)24-11-9-18(10-12-24)25-14-19(13-23-15-26)28-22(25)27/h2-8,15-16,18-19H,9-14H2,1H3,(H,23,26). The number of cyclic esters (lactones) is 1. The van der Waals surface area contributed by atoms with E-state index in [1.165, 1.54) is 16.3 Å². The molecule has 2 amide bonds. The van der Waals surface area contributed by atoms with Gasteiger partial charge in [0, 0.05) is 25.2 Å². The molecule has 6 heteroatoms. The second-order valence-corrected chi connectivity index (χ2v) is 7.70. The van der Waals surface area contributed by atoms with E-state index in [1.54, 1.807) is 0 Å². The first-order valence-corrected chi connectivity index (χ1v) is 10.0. The summed E-state index contributed by atoms with van der Waals surface area (Å²) in [6.45, 7) is 5.12. The highest BCUT2D eigenvalue weighted by Crippen LogP contribution is 2.31. The first-order valence-electron chi connectivity index (χ1n) is 10.0. The molecule has 148 valence electrons. The topological polar surface area (TPSA) is 61.9 Å². The predicted octanol–water partition coefficient (Wildman–Crippen LogP) is 2.93. The minimum atomic E-state index is -0.252. The number of benzene rings is 2. The lowest BCUT2D eigenvalue weighted by Crippen LogP contribution is -2.46. The van der Waals surface area contributed by atoms with Gasteiger partial charge in [0.25, 0.3) is 0 Å². The lowest BCUT2D eigenvalue weighted by atomic mass is 9.95. The van der Waals surface area contributed by atoms with E-state index in [-0.39, 0.29) is 18.2 Å². The van der Waals surface area contributed by atoms with Gasteiger partial charge in [0.05, 0.1) is 13.1 Å². The van der Waals surface area contributed by atoms with Crippen molar-refractivity contribution in [2.24, 2.45) is 0 Å². The maximum Gasteiger partial charge on any atom is 0.410 e. The maximum atomic E-state index is 12.2. The van der Waals surface area contributed by atoms with Gasteiger partial charge in [-0.1, -0.05) is 42.5 Å². The third-order valence-electron chi connectivity index (χ3n) is 6.09. The Bertz CT molecular complexity index is 843. The Hall–Kier alpha value is -2.60. The third kappa shape index (κ3) is 3.69. The van der Waals surface area contributed by atoms with Crippen LogP contribution in [0.3, 0.4) is 0 Å². The van der Waals surface area contributed by atoms with E-state index in [0.29, 0.717) is 25.5 Å². The minimum absolute atomic E-state index is 0.213. The van der Waals surface area contributed by atoms with Crippen molar-refractivity contribution in [2.75, 3.05) is 26.2 Å². The second-order valence-electron chi connectivity index (χ2n) is 7.70. The molecule has 2 aromatic rings. The summed E-state index contributed by atoms with van der Waals surface area (Å²) in [5.74, 6) is 0. The SMILES string of the molecule is CC(c1cccc2ccccc12)N1CCC(N2CC(CNC=O)OC2=O)CC1. The van der Waals surface area contributed by atoms with Crippen LogP contribution in [0, 0.1) is 0 Å². The Kier molecular flexibility index (Phi) is 5.48. The average molecular weight is 381 g/mol. The van der Waals surface area contributed by atoms with Gasteiger partial charge in [-0.25, -0.2) is 4.79 Å². The summed E-state index contributed by atoms with van der Waals surface area (Å²) in [7, 11) is 0. The summed E-state index contributed by atoms with van der Waals surface area (Å²) in [5, 5.41) is 5.18. The number of piperidine rings is 1. The van der Waals surface area contributed by atoms with Crippen LogP contribution in [-0.2, 0) is 9.53 Å². The van der Waals surface area contributed by atoms with Crippen LogP contribution in [0.15, 0.2) is 42.5 Å². The van der Waals surface area contributed by atoms with E-state index in [9.17, 15) is 9.59 Å². The van der Waals surface area contributed by atoms with Crippen LogP contribution in [0.1, 0.15) is 31.4 Å². The molecule has 0 aromatic heterocycles. The summed E-state index contributed by atoms with van der Waals surface area (Å²) in [4.78, 5) is 27.0. The first kappa shape index (κ1) is 18.7. The third-order valence-corrected chi connectivity index (χ3v) is 6.09. The van der Waals surface area contributed by atoms with Gasteiger partial charge >= 0.3 is 6.09 Å². The van der Waals surface area contributed by atoms with E-state index in [2.05, 4.69) is 59.6 Å². The lowest BCUT2D eigenvalue weighted by molar-refractivity contribution is -0.109. The molecule has 2 unspecified atom stereocenters. The van der Waals surface area contributed by atoms with Crippen LogP contribution < -0.4 is 5.32 Å². The Morgan fingerprint density at radius 1 is 1.18 bits per heavy atom. The Labute approximate surface area is 165 Å². The number of fused-ring (bicyclic) bond motifs is 1. The van der Waals surface area contributed by atoms with Crippen molar-refractivity contribution >= 4 is 23.3 Å². The minimum Gasteiger partial charge on any atom is -0.442 e. The molecule has 1 N–H and O–H groups in total. The quantitative estimate of drug-likeness (QED) is 0.782. The van der Waals surface area contributed by atoms with Gasteiger partial charge in [-0.15, -0.1) is 0 Å². The molecule has 0 spiro atoms. The predicted molar refractivity (Wildman–Crippen MR) is 108 cm³/mol. The molecular formula is C22H27N3O3. The summed E-state index contributed by atoms with van der Waals surface area (Å²) >= 11 is 0.